The second kappa shape index (κ2) is 7.42. The van der Waals surface area contributed by atoms with E-state index in [1.807, 2.05) is 30.3 Å². The summed E-state index contributed by atoms with van der Waals surface area (Å²) in [5.74, 6) is -0.0383. The number of hydrogen-bond donors (Lipinski definition) is 1. The Labute approximate surface area is 174 Å². The molecular weight excluding hydrogens is 405 g/mol. The Hall–Kier alpha value is -3.46. The Bertz CT molecular complexity index is 1300. The predicted molar refractivity (Wildman–Crippen MR) is 113 cm³/mol. The summed E-state index contributed by atoms with van der Waals surface area (Å²) in [5.41, 5.74) is 1.63. The minimum atomic E-state index is -0.369. The fourth-order valence-electron chi connectivity index (χ4n) is 3.50. The van der Waals surface area contributed by atoms with Crippen molar-refractivity contribution >= 4 is 34.4 Å². The van der Waals surface area contributed by atoms with E-state index >= 15 is 0 Å². The van der Waals surface area contributed by atoms with E-state index in [0.717, 1.165) is 5.69 Å². The zero-order chi connectivity index (χ0) is 20.7. The molecule has 0 aliphatic carbocycles. The molecule has 0 fully saturated rings. The van der Waals surface area contributed by atoms with Crippen LogP contribution in [0.1, 0.15) is 12.5 Å². The summed E-state index contributed by atoms with van der Waals surface area (Å²) >= 11 is 1.44. The van der Waals surface area contributed by atoms with Crippen molar-refractivity contribution in [3.8, 4) is 5.69 Å². The number of carbonyl (C=O) groups is 1. The Morgan fingerprint density at radius 2 is 1.93 bits per heavy atom. The summed E-state index contributed by atoms with van der Waals surface area (Å²) < 4.78 is 16.3. The van der Waals surface area contributed by atoms with Gasteiger partial charge in [0.1, 0.15) is 11.2 Å². The van der Waals surface area contributed by atoms with Crippen molar-refractivity contribution in [3.63, 3.8) is 0 Å². The molecule has 150 valence electrons. The molecule has 2 aromatic carbocycles. The zero-order valence-corrected chi connectivity index (χ0v) is 16.5. The van der Waals surface area contributed by atoms with Crippen LogP contribution in [0.2, 0.25) is 0 Å². The van der Waals surface area contributed by atoms with Crippen molar-refractivity contribution in [2.75, 3.05) is 11.1 Å². The van der Waals surface area contributed by atoms with Crippen LogP contribution < -0.4 is 10.9 Å². The summed E-state index contributed by atoms with van der Waals surface area (Å²) in [6, 6.07) is 14.8. The fraction of sp³-hybridized carbons (Fsp3) is 0.143. The molecule has 9 heteroatoms. The molecule has 1 N–H and O–H groups in total. The molecule has 30 heavy (non-hydrogen) atoms. The SMILES string of the molecule is O=C(C[C@@H]1CSc2nc3c(cnn3-c3ccccc3)c(=O)n21)Nc1ccc(F)cc1. The second-order valence-corrected chi connectivity index (χ2v) is 7.91. The van der Waals surface area contributed by atoms with Crippen molar-refractivity contribution in [3.05, 3.63) is 77.0 Å². The van der Waals surface area contributed by atoms with Crippen molar-refractivity contribution in [2.45, 2.75) is 17.6 Å². The maximum atomic E-state index is 13.1. The van der Waals surface area contributed by atoms with Gasteiger partial charge in [0.2, 0.25) is 5.91 Å². The Morgan fingerprint density at radius 3 is 2.70 bits per heavy atom. The summed E-state index contributed by atoms with van der Waals surface area (Å²) in [7, 11) is 0. The highest BCUT2D eigenvalue weighted by Gasteiger charge is 2.29. The molecule has 0 radical (unpaired) electrons. The molecule has 0 saturated heterocycles. The molecule has 1 aliphatic rings. The highest BCUT2D eigenvalue weighted by atomic mass is 32.2. The maximum absolute atomic E-state index is 13.1. The highest BCUT2D eigenvalue weighted by Crippen LogP contribution is 2.33. The molecule has 1 aliphatic heterocycles. The molecular formula is C21H16FN5O2S. The first kappa shape index (κ1) is 18.6. The number of benzene rings is 2. The molecule has 1 amide bonds. The number of thioether (sulfide) groups is 1. The molecule has 7 nitrogen and oxygen atoms in total. The van der Waals surface area contributed by atoms with Crippen molar-refractivity contribution in [1.29, 1.82) is 0 Å². The molecule has 0 saturated carbocycles. The number of nitrogens with zero attached hydrogens (tertiary/aromatic N) is 4. The third-order valence-electron chi connectivity index (χ3n) is 4.92. The maximum Gasteiger partial charge on any atom is 0.265 e. The van der Waals surface area contributed by atoms with Crippen LogP contribution in [0, 0.1) is 5.82 Å². The van der Waals surface area contributed by atoms with E-state index in [0.29, 0.717) is 27.6 Å². The lowest BCUT2D eigenvalue weighted by Crippen LogP contribution is -2.27. The Balaban J connectivity index is 1.44. The van der Waals surface area contributed by atoms with E-state index in [-0.39, 0.29) is 29.7 Å². The van der Waals surface area contributed by atoms with Crippen LogP contribution in [0.5, 0.6) is 0 Å². The van der Waals surface area contributed by atoms with Crippen molar-refractivity contribution < 1.29 is 9.18 Å². The molecule has 0 bridgehead atoms. The van der Waals surface area contributed by atoms with Gasteiger partial charge in [-0.15, -0.1) is 0 Å². The lowest BCUT2D eigenvalue weighted by Gasteiger charge is -2.13. The molecule has 1 atom stereocenters. The number of amides is 1. The number of para-hydroxylation sites is 1. The quantitative estimate of drug-likeness (QED) is 0.511. The van der Waals surface area contributed by atoms with Gasteiger partial charge >= 0.3 is 0 Å². The van der Waals surface area contributed by atoms with Crippen LogP contribution in [0.25, 0.3) is 16.7 Å². The van der Waals surface area contributed by atoms with Gasteiger partial charge in [-0.3, -0.25) is 14.2 Å². The second-order valence-electron chi connectivity index (χ2n) is 6.92. The monoisotopic (exact) mass is 421 g/mol. The van der Waals surface area contributed by atoms with Crippen LogP contribution in [-0.2, 0) is 4.79 Å². The highest BCUT2D eigenvalue weighted by molar-refractivity contribution is 7.99. The number of rotatable bonds is 4. The third-order valence-corrected chi connectivity index (χ3v) is 6.02. The van der Waals surface area contributed by atoms with Gasteiger partial charge in [0.25, 0.3) is 5.56 Å². The van der Waals surface area contributed by atoms with E-state index < -0.39 is 0 Å². The molecule has 2 aromatic heterocycles. The molecule has 5 rings (SSSR count). The smallest absolute Gasteiger partial charge is 0.265 e. The zero-order valence-electron chi connectivity index (χ0n) is 15.7. The van der Waals surface area contributed by atoms with Crippen LogP contribution in [0.3, 0.4) is 0 Å². The summed E-state index contributed by atoms with van der Waals surface area (Å²) in [6.07, 6.45) is 1.64. The topological polar surface area (TPSA) is 81.8 Å². The normalized spacial score (nSPS) is 15.3. The number of hydrogen-bond acceptors (Lipinski definition) is 5. The van der Waals surface area contributed by atoms with Gasteiger partial charge < -0.3 is 5.32 Å². The molecule has 0 spiro atoms. The minimum Gasteiger partial charge on any atom is -0.326 e. The van der Waals surface area contributed by atoms with E-state index in [2.05, 4.69) is 15.4 Å². The first-order valence-corrected chi connectivity index (χ1v) is 10.3. The van der Waals surface area contributed by atoms with E-state index in [9.17, 15) is 14.0 Å². The van der Waals surface area contributed by atoms with Crippen molar-refractivity contribution in [2.24, 2.45) is 0 Å². The first-order valence-electron chi connectivity index (χ1n) is 9.34. The largest absolute Gasteiger partial charge is 0.326 e. The average molecular weight is 421 g/mol. The summed E-state index contributed by atoms with van der Waals surface area (Å²) in [4.78, 5) is 30.3. The van der Waals surface area contributed by atoms with Crippen LogP contribution in [-0.4, -0.2) is 31.0 Å². The van der Waals surface area contributed by atoms with Gasteiger partial charge in [-0.05, 0) is 36.4 Å². The number of aromatic nitrogens is 4. The Morgan fingerprint density at radius 1 is 1.17 bits per heavy atom. The number of halogens is 1. The molecule has 4 aromatic rings. The predicted octanol–water partition coefficient (Wildman–Crippen LogP) is 3.40. The van der Waals surface area contributed by atoms with Gasteiger partial charge in [-0.25, -0.2) is 14.1 Å². The van der Waals surface area contributed by atoms with E-state index in [1.54, 1.807) is 9.25 Å². The fourth-order valence-corrected chi connectivity index (χ4v) is 4.63. The van der Waals surface area contributed by atoms with Gasteiger partial charge in [-0.1, -0.05) is 30.0 Å². The van der Waals surface area contributed by atoms with E-state index in [4.69, 9.17) is 0 Å². The number of anilines is 1. The lowest BCUT2D eigenvalue weighted by molar-refractivity contribution is -0.116. The standard InChI is InChI=1S/C21H16FN5O2S/c22-13-6-8-14(9-7-13)24-18(28)10-16-12-30-21-25-19-17(20(29)26(16)21)11-23-27(19)15-4-2-1-3-5-15/h1-9,11,16H,10,12H2,(H,24,28)/t16-/m1/s1. The van der Waals surface area contributed by atoms with Gasteiger partial charge in [0, 0.05) is 17.9 Å². The molecule has 3 heterocycles. The first-order chi connectivity index (χ1) is 14.6. The lowest BCUT2D eigenvalue weighted by atomic mass is 10.2. The van der Waals surface area contributed by atoms with Gasteiger partial charge in [-0.2, -0.15) is 5.10 Å². The van der Waals surface area contributed by atoms with Crippen LogP contribution >= 0.6 is 11.8 Å². The summed E-state index contributed by atoms with van der Waals surface area (Å²) in [6.45, 7) is 0. The van der Waals surface area contributed by atoms with Gasteiger partial charge in [0.15, 0.2) is 10.8 Å². The number of fused-ring (bicyclic) bond motifs is 2. The minimum absolute atomic E-state index is 0.122. The summed E-state index contributed by atoms with van der Waals surface area (Å²) in [5, 5.41) is 8.06. The van der Waals surface area contributed by atoms with Crippen LogP contribution in [0.4, 0.5) is 10.1 Å². The average Bonchev–Trinajstić information content (AvgIpc) is 3.35. The number of carbonyl (C=O) groups excluding carboxylic acids is 1. The van der Waals surface area contributed by atoms with Crippen molar-refractivity contribution in [1.82, 2.24) is 19.3 Å². The van der Waals surface area contributed by atoms with Crippen LogP contribution in [0.15, 0.2) is 70.7 Å². The van der Waals surface area contributed by atoms with E-state index in [1.165, 1.54) is 42.2 Å². The third kappa shape index (κ3) is 3.26. The number of nitrogens with one attached hydrogen (secondary N) is 1. The Kier molecular flexibility index (Phi) is 4.59. The van der Waals surface area contributed by atoms with Gasteiger partial charge in [0.05, 0.1) is 17.9 Å². The molecule has 0 unspecified atom stereocenters.